The number of ether oxygens (including phenoxy) is 2. The number of amides is 1. The number of nitrogens with zero attached hydrogens (tertiary/aromatic N) is 3. The normalized spacial score (nSPS) is 14.1. The molecule has 1 aromatic heterocycles. The minimum atomic E-state index is -0.669. The number of aromatic nitrogens is 2. The van der Waals surface area contributed by atoms with E-state index in [0.717, 1.165) is 18.7 Å². The van der Waals surface area contributed by atoms with E-state index in [9.17, 15) is 13.6 Å². The van der Waals surface area contributed by atoms with Gasteiger partial charge in [0.1, 0.15) is 12.4 Å². The molecule has 178 valence electrons. The van der Waals surface area contributed by atoms with Crippen LogP contribution in [0.3, 0.4) is 0 Å². The molecule has 0 spiro atoms. The zero-order valence-corrected chi connectivity index (χ0v) is 18.7. The van der Waals surface area contributed by atoms with Crippen molar-refractivity contribution in [2.24, 2.45) is 0 Å². The molecule has 9 heteroatoms. The van der Waals surface area contributed by atoms with Gasteiger partial charge in [-0.15, -0.1) is 0 Å². The van der Waals surface area contributed by atoms with Gasteiger partial charge >= 0.3 is 6.01 Å². The van der Waals surface area contributed by atoms with Crippen molar-refractivity contribution in [2.45, 2.75) is 13.0 Å². The molecule has 1 amide bonds. The summed E-state index contributed by atoms with van der Waals surface area (Å²) in [6.45, 7) is 4.43. The number of hydrogen-bond acceptors (Lipinski definition) is 6. The fraction of sp³-hybridized carbons (Fsp3) is 0.320. The third-order valence-electron chi connectivity index (χ3n) is 5.47. The molecule has 1 fully saturated rings. The standard InChI is InChI=1S/C25H26F2N4O3/c26-21-3-1-2-19(14-21)16-28-23(32)15-18-4-6-20(7-5-18)22-17-29-25(30-24(22)27)34-13-10-31-8-11-33-12-9-31/h1-7,14,17H,8-13,15-16H2,(H,28,32). The summed E-state index contributed by atoms with van der Waals surface area (Å²) in [4.78, 5) is 22.4. The predicted octanol–water partition coefficient (Wildman–Crippen LogP) is 2.99. The average molecular weight is 469 g/mol. The van der Waals surface area contributed by atoms with Crippen LogP contribution in [0.1, 0.15) is 11.1 Å². The van der Waals surface area contributed by atoms with Crippen molar-refractivity contribution in [3.63, 3.8) is 0 Å². The first-order valence-corrected chi connectivity index (χ1v) is 11.1. The summed E-state index contributed by atoms with van der Waals surface area (Å²) in [5.41, 5.74) is 2.31. The lowest BCUT2D eigenvalue weighted by Crippen LogP contribution is -2.38. The van der Waals surface area contributed by atoms with Crippen LogP contribution in [0.5, 0.6) is 6.01 Å². The van der Waals surface area contributed by atoms with E-state index < -0.39 is 5.95 Å². The highest BCUT2D eigenvalue weighted by molar-refractivity contribution is 5.78. The van der Waals surface area contributed by atoms with Gasteiger partial charge in [0.15, 0.2) is 0 Å². The van der Waals surface area contributed by atoms with Crippen molar-refractivity contribution in [1.29, 1.82) is 0 Å². The maximum absolute atomic E-state index is 14.6. The molecule has 0 saturated carbocycles. The molecule has 1 saturated heterocycles. The van der Waals surface area contributed by atoms with Crippen LogP contribution in [0.15, 0.2) is 54.7 Å². The second kappa shape index (κ2) is 11.6. The molecule has 34 heavy (non-hydrogen) atoms. The first-order valence-electron chi connectivity index (χ1n) is 11.1. The summed E-state index contributed by atoms with van der Waals surface area (Å²) in [5.74, 6) is -1.20. The molecule has 0 bridgehead atoms. The second-order valence-corrected chi connectivity index (χ2v) is 7.94. The van der Waals surface area contributed by atoms with Crippen LogP contribution in [0, 0.1) is 11.8 Å². The Labute approximate surface area is 196 Å². The number of morpholine rings is 1. The van der Waals surface area contributed by atoms with Gasteiger partial charge in [0.2, 0.25) is 11.9 Å². The molecule has 1 aliphatic heterocycles. The van der Waals surface area contributed by atoms with E-state index in [4.69, 9.17) is 9.47 Å². The Morgan fingerprint density at radius 3 is 2.62 bits per heavy atom. The average Bonchev–Trinajstić information content (AvgIpc) is 2.84. The lowest BCUT2D eigenvalue weighted by Gasteiger charge is -2.26. The number of rotatable bonds is 9. The molecule has 0 radical (unpaired) electrons. The van der Waals surface area contributed by atoms with E-state index in [1.807, 2.05) is 0 Å². The van der Waals surface area contributed by atoms with E-state index in [1.54, 1.807) is 36.4 Å². The summed E-state index contributed by atoms with van der Waals surface area (Å²) in [6, 6.07) is 13.0. The van der Waals surface area contributed by atoms with Gasteiger partial charge in [0.05, 0.1) is 25.2 Å². The fourth-order valence-corrected chi connectivity index (χ4v) is 3.60. The molecule has 0 unspecified atom stereocenters. The van der Waals surface area contributed by atoms with Gasteiger partial charge in [0, 0.05) is 32.4 Å². The molecular weight excluding hydrogens is 442 g/mol. The monoisotopic (exact) mass is 468 g/mol. The molecule has 0 atom stereocenters. The van der Waals surface area contributed by atoms with Crippen LogP contribution in [0.2, 0.25) is 0 Å². The predicted molar refractivity (Wildman–Crippen MR) is 122 cm³/mol. The summed E-state index contributed by atoms with van der Waals surface area (Å²) in [7, 11) is 0. The Balaban J connectivity index is 1.28. The minimum absolute atomic E-state index is 0.00102. The van der Waals surface area contributed by atoms with E-state index in [1.165, 1.54) is 18.3 Å². The maximum Gasteiger partial charge on any atom is 0.319 e. The Bertz CT molecular complexity index is 1110. The highest BCUT2D eigenvalue weighted by atomic mass is 19.1. The number of carbonyl (C=O) groups excluding carboxylic acids is 1. The molecule has 3 aromatic rings. The second-order valence-electron chi connectivity index (χ2n) is 7.94. The number of hydrogen-bond donors (Lipinski definition) is 1. The lowest BCUT2D eigenvalue weighted by atomic mass is 10.0. The summed E-state index contributed by atoms with van der Waals surface area (Å²) in [6.07, 6.45) is 1.55. The Morgan fingerprint density at radius 1 is 1.09 bits per heavy atom. The van der Waals surface area contributed by atoms with Crippen molar-refractivity contribution >= 4 is 5.91 Å². The summed E-state index contributed by atoms with van der Waals surface area (Å²) < 4.78 is 38.6. The van der Waals surface area contributed by atoms with Crippen molar-refractivity contribution in [2.75, 3.05) is 39.5 Å². The molecular formula is C25H26F2N4O3. The number of nitrogens with one attached hydrogen (secondary N) is 1. The van der Waals surface area contributed by atoms with Crippen LogP contribution < -0.4 is 10.1 Å². The van der Waals surface area contributed by atoms with Crippen molar-refractivity contribution in [1.82, 2.24) is 20.2 Å². The van der Waals surface area contributed by atoms with Crippen molar-refractivity contribution in [3.8, 4) is 17.1 Å². The third-order valence-corrected chi connectivity index (χ3v) is 5.47. The van der Waals surface area contributed by atoms with E-state index in [-0.39, 0.29) is 36.3 Å². The lowest BCUT2D eigenvalue weighted by molar-refractivity contribution is -0.120. The van der Waals surface area contributed by atoms with E-state index in [0.29, 0.717) is 37.5 Å². The first kappa shape index (κ1) is 23.7. The highest BCUT2D eigenvalue weighted by Gasteiger charge is 2.13. The van der Waals surface area contributed by atoms with Crippen molar-refractivity contribution in [3.05, 3.63) is 77.6 Å². The van der Waals surface area contributed by atoms with Gasteiger partial charge in [-0.1, -0.05) is 36.4 Å². The largest absolute Gasteiger partial charge is 0.462 e. The van der Waals surface area contributed by atoms with Crippen LogP contribution in [-0.4, -0.2) is 60.2 Å². The quantitative estimate of drug-likeness (QED) is 0.487. The van der Waals surface area contributed by atoms with E-state index >= 15 is 0 Å². The third kappa shape index (κ3) is 6.79. The van der Waals surface area contributed by atoms with Crippen molar-refractivity contribution < 1.29 is 23.0 Å². The van der Waals surface area contributed by atoms with Gasteiger partial charge in [-0.05, 0) is 28.8 Å². The van der Waals surface area contributed by atoms with Crippen LogP contribution >= 0.6 is 0 Å². The number of benzene rings is 2. The zero-order chi connectivity index (χ0) is 23.8. The van der Waals surface area contributed by atoms with Gasteiger partial charge in [0.25, 0.3) is 0 Å². The fourth-order valence-electron chi connectivity index (χ4n) is 3.60. The molecule has 1 aliphatic rings. The first-order chi connectivity index (χ1) is 16.6. The number of carbonyl (C=O) groups is 1. The molecule has 7 nitrogen and oxygen atoms in total. The maximum atomic E-state index is 14.6. The van der Waals surface area contributed by atoms with E-state index in [2.05, 4.69) is 20.2 Å². The highest BCUT2D eigenvalue weighted by Crippen LogP contribution is 2.23. The van der Waals surface area contributed by atoms with Crippen LogP contribution in [0.25, 0.3) is 11.1 Å². The molecule has 0 aliphatic carbocycles. The Kier molecular flexibility index (Phi) is 8.11. The SMILES string of the molecule is O=C(Cc1ccc(-c2cnc(OCCN3CCOCC3)nc2F)cc1)NCc1cccc(F)c1. The zero-order valence-electron chi connectivity index (χ0n) is 18.7. The van der Waals surface area contributed by atoms with Gasteiger partial charge in [-0.3, -0.25) is 9.69 Å². The molecule has 4 rings (SSSR count). The minimum Gasteiger partial charge on any atom is -0.462 e. The van der Waals surface area contributed by atoms with Gasteiger partial charge in [-0.25, -0.2) is 9.37 Å². The Hall–Kier alpha value is -3.43. The van der Waals surface area contributed by atoms with Gasteiger partial charge in [-0.2, -0.15) is 9.37 Å². The number of halogens is 2. The van der Waals surface area contributed by atoms with Crippen LogP contribution in [-0.2, 0) is 22.5 Å². The van der Waals surface area contributed by atoms with Crippen LogP contribution in [0.4, 0.5) is 8.78 Å². The smallest absolute Gasteiger partial charge is 0.319 e. The summed E-state index contributed by atoms with van der Waals surface area (Å²) >= 11 is 0. The Morgan fingerprint density at radius 2 is 1.88 bits per heavy atom. The summed E-state index contributed by atoms with van der Waals surface area (Å²) in [5, 5.41) is 2.77. The molecule has 2 heterocycles. The molecule has 1 N–H and O–H groups in total. The van der Waals surface area contributed by atoms with Gasteiger partial charge < -0.3 is 14.8 Å². The molecule has 2 aromatic carbocycles. The topological polar surface area (TPSA) is 76.6 Å².